The first-order valence-corrected chi connectivity index (χ1v) is 4.82. The highest BCUT2D eigenvalue weighted by Gasteiger charge is 2.15. The van der Waals surface area contributed by atoms with Crippen molar-refractivity contribution < 1.29 is 0 Å². The van der Waals surface area contributed by atoms with E-state index in [0.29, 0.717) is 6.04 Å². The van der Waals surface area contributed by atoms with Crippen molar-refractivity contribution in [2.24, 2.45) is 5.73 Å². The van der Waals surface area contributed by atoms with Crippen LogP contribution in [-0.2, 0) is 0 Å². The summed E-state index contributed by atoms with van der Waals surface area (Å²) in [6.45, 7) is 3.26. The van der Waals surface area contributed by atoms with Crippen molar-refractivity contribution in [3.63, 3.8) is 0 Å². The van der Waals surface area contributed by atoms with Crippen LogP contribution in [0.25, 0.3) is 0 Å². The van der Waals surface area contributed by atoms with E-state index < -0.39 is 0 Å². The SMILES string of the molecule is CCC(N)CCNC1CCC1. The Morgan fingerprint density at radius 3 is 2.73 bits per heavy atom. The number of hydrogen-bond acceptors (Lipinski definition) is 2. The molecule has 1 unspecified atom stereocenters. The lowest BCUT2D eigenvalue weighted by Crippen LogP contribution is -2.37. The summed E-state index contributed by atoms with van der Waals surface area (Å²) in [5.41, 5.74) is 5.78. The largest absolute Gasteiger partial charge is 0.328 e. The molecule has 0 saturated heterocycles. The third-order valence-electron chi connectivity index (χ3n) is 2.58. The summed E-state index contributed by atoms with van der Waals surface area (Å²) in [7, 11) is 0. The predicted molar refractivity (Wildman–Crippen MR) is 48.5 cm³/mol. The Kier molecular flexibility index (Phi) is 3.87. The van der Waals surface area contributed by atoms with E-state index in [1.165, 1.54) is 19.3 Å². The van der Waals surface area contributed by atoms with E-state index in [9.17, 15) is 0 Å². The minimum Gasteiger partial charge on any atom is -0.328 e. The molecule has 0 aromatic carbocycles. The van der Waals surface area contributed by atoms with Crippen LogP contribution in [0.2, 0.25) is 0 Å². The Labute approximate surface area is 69.5 Å². The molecule has 0 aromatic rings. The van der Waals surface area contributed by atoms with Crippen LogP contribution in [0.5, 0.6) is 0 Å². The highest BCUT2D eigenvalue weighted by molar-refractivity contribution is 4.76. The number of nitrogens with two attached hydrogens (primary N) is 1. The molecule has 0 radical (unpaired) electrons. The highest BCUT2D eigenvalue weighted by Crippen LogP contribution is 2.17. The van der Waals surface area contributed by atoms with Gasteiger partial charge < -0.3 is 11.1 Å². The molecule has 0 heterocycles. The zero-order valence-electron chi connectivity index (χ0n) is 7.47. The predicted octanol–water partition coefficient (Wildman–Crippen LogP) is 1.26. The van der Waals surface area contributed by atoms with Gasteiger partial charge >= 0.3 is 0 Å². The molecular formula is C9H20N2. The summed E-state index contributed by atoms with van der Waals surface area (Å²) in [5, 5.41) is 3.50. The molecule has 0 aliphatic heterocycles. The van der Waals surface area contributed by atoms with Crippen LogP contribution in [0.4, 0.5) is 0 Å². The van der Waals surface area contributed by atoms with Crippen molar-refractivity contribution >= 4 is 0 Å². The second kappa shape index (κ2) is 4.73. The van der Waals surface area contributed by atoms with Gasteiger partial charge in [0.1, 0.15) is 0 Å². The molecule has 0 bridgehead atoms. The quantitative estimate of drug-likeness (QED) is 0.629. The molecule has 1 aliphatic rings. The van der Waals surface area contributed by atoms with Crippen molar-refractivity contribution in [1.82, 2.24) is 5.32 Å². The molecule has 1 saturated carbocycles. The first kappa shape index (κ1) is 9.01. The van der Waals surface area contributed by atoms with E-state index in [1.807, 2.05) is 0 Å². The van der Waals surface area contributed by atoms with Crippen molar-refractivity contribution in [3.8, 4) is 0 Å². The zero-order chi connectivity index (χ0) is 8.10. The van der Waals surface area contributed by atoms with Gasteiger partial charge in [0.05, 0.1) is 0 Å². The molecular weight excluding hydrogens is 136 g/mol. The van der Waals surface area contributed by atoms with Crippen LogP contribution >= 0.6 is 0 Å². The Bertz CT molecular complexity index is 95.0. The third kappa shape index (κ3) is 3.21. The molecule has 11 heavy (non-hydrogen) atoms. The lowest BCUT2D eigenvalue weighted by atomic mass is 9.93. The highest BCUT2D eigenvalue weighted by atomic mass is 14.9. The van der Waals surface area contributed by atoms with Gasteiger partial charge in [-0.05, 0) is 32.2 Å². The van der Waals surface area contributed by atoms with Crippen LogP contribution in [-0.4, -0.2) is 18.6 Å². The monoisotopic (exact) mass is 156 g/mol. The van der Waals surface area contributed by atoms with Crippen molar-refractivity contribution in [2.75, 3.05) is 6.54 Å². The second-order valence-electron chi connectivity index (χ2n) is 3.54. The Morgan fingerprint density at radius 1 is 1.55 bits per heavy atom. The minimum absolute atomic E-state index is 0.405. The fourth-order valence-corrected chi connectivity index (χ4v) is 1.29. The topological polar surface area (TPSA) is 38.0 Å². The standard InChI is InChI=1S/C9H20N2/c1-2-8(10)6-7-11-9-4-3-5-9/h8-9,11H,2-7,10H2,1H3. The van der Waals surface area contributed by atoms with E-state index in [1.54, 1.807) is 0 Å². The van der Waals surface area contributed by atoms with Crippen molar-refractivity contribution in [1.29, 1.82) is 0 Å². The maximum atomic E-state index is 5.78. The first-order valence-electron chi connectivity index (χ1n) is 4.82. The molecule has 1 rings (SSSR count). The summed E-state index contributed by atoms with van der Waals surface area (Å²) >= 11 is 0. The fourth-order valence-electron chi connectivity index (χ4n) is 1.29. The van der Waals surface area contributed by atoms with Gasteiger partial charge in [-0.25, -0.2) is 0 Å². The van der Waals surface area contributed by atoms with Gasteiger partial charge in [0, 0.05) is 12.1 Å². The summed E-state index contributed by atoms with van der Waals surface area (Å²) in [6, 6.07) is 1.22. The van der Waals surface area contributed by atoms with Crippen LogP contribution < -0.4 is 11.1 Å². The first-order chi connectivity index (χ1) is 5.33. The Hall–Kier alpha value is -0.0800. The molecule has 1 atom stereocenters. The van der Waals surface area contributed by atoms with Gasteiger partial charge in [-0.1, -0.05) is 13.3 Å². The van der Waals surface area contributed by atoms with Gasteiger partial charge in [0.2, 0.25) is 0 Å². The van der Waals surface area contributed by atoms with Crippen LogP contribution in [0.3, 0.4) is 0 Å². The maximum absolute atomic E-state index is 5.78. The van der Waals surface area contributed by atoms with E-state index >= 15 is 0 Å². The normalized spacial score (nSPS) is 21.3. The van der Waals surface area contributed by atoms with Crippen molar-refractivity contribution in [3.05, 3.63) is 0 Å². The molecule has 1 aliphatic carbocycles. The molecule has 3 N–H and O–H groups in total. The average Bonchev–Trinajstić information content (AvgIpc) is 1.94. The fraction of sp³-hybridized carbons (Fsp3) is 1.00. The van der Waals surface area contributed by atoms with Gasteiger partial charge in [0.25, 0.3) is 0 Å². The second-order valence-corrected chi connectivity index (χ2v) is 3.54. The average molecular weight is 156 g/mol. The zero-order valence-corrected chi connectivity index (χ0v) is 7.47. The number of rotatable bonds is 5. The summed E-state index contributed by atoms with van der Waals surface area (Å²) in [4.78, 5) is 0. The summed E-state index contributed by atoms with van der Waals surface area (Å²) < 4.78 is 0. The lowest BCUT2D eigenvalue weighted by Gasteiger charge is -2.27. The van der Waals surface area contributed by atoms with Crippen LogP contribution in [0.1, 0.15) is 39.0 Å². The van der Waals surface area contributed by atoms with E-state index in [0.717, 1.165) is 25.4 Å². The molecule has 0 amide bonds. The van der Waals surface area contributed by atoms with Crippen LogP contribution in [0.15, 0.2) is 0 Å². The maximum Gasteiger partial charge on any atom is 0.00670 e. The number of hydrogen-bond donors (Lipinski definition) is 2. The molecule has 0 aromatic heterocycles. The van der Waals surface area contributed by atoms with Gasteiger partial charge in [-0.15, -0.1) is 0 Å². The molecule has 2 nitrogen and oxygen atoms in total. The summed E-state index contributed by atoms with van der Waals surface area (Å²) in [5.74, 6) is 0. The summed E-state index contributed by atoms with van der Waals surface area (Å²) in [6.07, 6.45) is 6.40. The smallest absolute Gasteiger partial charge is 0.00670 e. The van der Waals surface area contributed by atoms with Crippen molar-refractivity contribution in [2.45, 2.75) is 51.1 Å². The van der Waals surface area contributed by atoms with E-state index in [-0.39, 0.29) is 0 Å². The Morgan fingerprint density at radius 2 is 2.27 bits per heavy atom. The lowest BCUT2D eigenvalue weighted by molar-refractivity contribution is 0.334. The van der Waals surface area contributed by atoms with Gasteiger partial charge in [-0.3, -0.25) is 0 Å². The molecule has 1 fully saturated rings. The van der Waals surface area contributed by atoms with E-state index in [4.69, 9.17) is 5.73 Å². The van der Waals surface area contributed by atoms with Gasteiger partial charge in [-0.2, -0.15) is 0 Å². The Balaban J connectivity index is 1.86. The molecule has 2 heteroatoms. The van der Waals surface area contributed by atoms with E-state index in [2.05, 4.69) is 12.2 Å². The molecule has 66 valence electrons. The minimum atomic E-state index is 0.405. The number of nitrogens with one attached hydrogen (secondary N) is 1. The van der Waals surface area contributed by atoms with Gasteiger partial charge in [0.15, 0.2) is 0 Å². The third-order valence-corrected chi connectivity index (χ3v) is 2.58. The van der Waals surface area contributed by atoms with Crippen LogP contribution in [0, 0.1) is 0 Å². The molecule has 0 spiro atoms.